The molecule has 1 amide bonds. The molecule has 0 atom stereocenters. The third-order valence-corrected chi connectivity index (χ3v) is 5.04. The van der Waals surface area contributed by atoms with E-state index in [1.54, 1.807) is 0 Å². The van der Waals surface area contributed by atoms with E-state index < -0.39 is 0 Å². The van der Waals surface area contributed by atoms with Gasteiger partial charge in [-0.2, -0.15) is 0 Å². The van der Waals surface area contributed by atoms with E-state index in [2.05, 4.69) is 47.0 Å². The first-order valence-corrected chi connectivity index (χ1v) is 8.75. The maximum Gasteiger partial charge on any atom is 0.224 e. The molecular weight excluding hydrogens is 286 g/mol. The Kier molecular flexibility index (Phi) is 4.71. The fraction of sp³-hybridized carbons (Fsp3) is 0.526. The van der Waals surface area contributed by atoms with Crippen LogP contribution in [0.4, 0.5) is 5.69 Å². The van der Waals surface area contributed by atoms with Crippen molar-refractivity contribution in [2.75, 3.05) is 25.0 Å². The molecule has 1 N–H and O–H groups in total. The van der Waals surface area contributed by atoms with Crippen LogP contribution in [-0.2, 0) is 4.79 Å². The zero-order valence-corrected chi connectivity index (χ0v) is 14.4. The monoisotopic (exact) mass is 313 g/mol. The van der Waals surface area contributed by atoms with E-state index in [4.69, 9.17) is 0 Å². The molecule has 0 aliphatic carbocycles. The molecule has 1 aliphatic rings. The topological polar surface area (TPSA) is 37.3 Å². The van der Waals surface area contributed by atoms with E-state index in [-0.39, 0.29) is 5.91 Å². The second kappa shape index (κ2) is 6.75. The van der Waals surface area contributed by atoms with Crippen molar-refractivity contribution >= 4 is 22.5 Å². The molecule has 124 valence electrons. The van der Waals surface area contributed by atoms with Crippen LogP contribution in [0.15, 0.2) is 24.4 Å². The van der Waals surface area contributed by atoms with Crippen molar-refractivity contribution in [3.05, 3.63) is 30.0 Å². The Hall–Kier alpha value is -1.81. The summed E-state index contributed by atoms with van der Waals surface area (Å²) in [6.45, 7) is 9.77. The third kappa shape index (κ3) is 3.27. The number of hydrogen-bond acceptors (Lipinski definition) is 2. The van der Waals surface area contributed by atoms with Gasteiger partial charge < -0.3 is 14.8 Å². The number of anilines is 1. The zero-order valence-electron chi connectivity index (χ0n) is 14.4. The number of amides is 1. The number of nitrogens with zero attached hydrogens (tertiary/aromatic N) is 2. The van der Waals surface area contributed by atoms with Crippen LogP contribution in [0.25, 0.3) is 10.9 Å². The lowest BCUT2D eigenvalue weighted by molar-refractivity contribution is -0.115. The Morgan fingerprint density at radius 2 is 2.00 bits per heavy atom. The van der Waals surface area contributed by atoms with Crippen LogP contribution >= 0.6 is 0 Å². The summed E-state index contributed by atoms with van der Waals surface area (Å²) >= 11 is 0. The Morgan fingerprint density at radius 1 is 1.26 bits per heavy atom. The predicted molar refractivity (Wildman–Crippen MR) is 96.0 cm³/mol. The fourth-order valence-corrected chi connectivity index (χ4v) is 3.57. The number of rotatable bonds is 4. The molecule has 0 saturated carbocycles. The Morgan fingerprint density at radius 3 is 2.65 bits per heavy atom. The Labute approximate surface area is 138 Å². The molecular formula is C19H27N3O. The van der Waals surface area contributed by atoms with Gasteiger partial charge in [0.15, 0.2) is 0 Å². The molecule has 0 radical (unpaired) electrons. The molecule has 0 unspecified atom stereocenters. The highest BCUT2D eigenvalue weighted by Crippen LogP contribution is 2.31. The quantitative estimate of drug-likeness (QED) is 0.928. The minimum absolute atomic E-state index is 0.0652. The Bertz CT molecular complexity index is 696. The van der Waals surface area contributed by atoms with Crippen molar-refractivity contribution in [2.24, 2.45) is 0 Å². The van der Waals surface area contributed by atoms with Gasteiger partial charge in [0.1, 0.15) is 0 Å². The maximum atomic E-state index is 11.7. The fourth-order valence-electron chi connectivity index (χ4n) is 3.57. The zero-order chi connectivity index (χ0) is 16.4. The summed E-state index contributed by atoms with van der Waals surface area (Å²) in [4.78, 5) is 14.2. The molecule has 1 fully saturated rings. The van der Waals surface area contributed by atoms with Gasteiger partial charge in [-0.25, -0.2) is 0 Å². The van der Waals surface area contributed by atoms with Gasteiger partial charge in [0.05, 0.1) is 5.52 Å². The number of carbonyl (C=O) groups is 1. The largest absolute Gasteiger partial charge is 0.344 e. The second-order valence-corrected chi connectivity index (χ2v) is 6.52. The smallest absolute Gasteiger partial charge is 0.224 e. The highest BCUT2D eigenvalue weighted by Gasteiger charge is 2.21. The summed E-state index contributed by atoms with van der Waals surface area (Å²) in [5, 5.41) is 4.27. The van der Waals surface area contributed by atoms with Crippen molar-refractivity contribution in [3.63, 3.8) is 0 Å². The maximum absolute atomic E-state index is 11.7. The van der Waals surface area contributed by atoms with Gasteiger partial charge in [0.25, 0.3) is 0 Å². The normalized spacial score (nSPS) is 16.8. The van der Waals surface area contributed by atoms with Crippen LogP contribution in [0.5, 0.6) is 0 Å². The molecule has 1 saturated heterocycles. The number of likely N-dealkylation sites (tertiary alicyclic amines) is 1. The number of piperidine rings is 1. The first-order valence-electron chi connectivity index (χ1n) is 8.75. The first kappa shape index (κ1) is 16.1. The van der Waals surface area contributed by atoms with Crippen molar-refractivity contribution in [3.8, 4) is 0 Å². The van der Waals surface area contributed by atoms with Crippen LogP contribution in [0.1, 0.15) is 44.7 Å². The van der Waals surface area contributed by atoms with Crippen LogP contribution in [0, 0.1) is 6.92 Å². The number of hydrogen-bond donors (Lipinski definition) is 1. The molecule has 1 aromatic carbocycles. The van der Waals surface area contributed by atoms with E-state index in [0.29, 0.717) is 12.5 Å². The average Bonchev–Trinajstić information content (AvgIpc) is 2.91. The van der Waals surface area contributed by atoms with Crippen LogP contribution in [0.2, 0.25) is 0 Å². The molecule has 4 nitrogen and oxygen atoms in total. The number of aromatic nitrogens is 1. The molecule has 4 heteroatoms. The molecule has 23 heavy (non-hydrogen) atoms. The van der Waals surface area contributed by atoms with Gasteiger partial charge in [-0.1, -0.05) is 19.9 Å². The van der Waals surface area contributed by atoms with Gasteiger partial charge in [-0.3, -0.25) is 4.79 Å². The predicted octanol–water partition coefficient (Wildman–Crippen LogP) is 3.96. The van der Waals surface area contributed by atoms with Gasteiger partial charge in [-0.05, 0) is 44.0 Å². The van der Waals surface area contributed by atoms with E-state index in [0.717, 1.165) is 12.2 Å². The lowest BCUT2D eigenvalue weighted by Gasteiger charge is -2.32. The lowest BCUT2D eigenvalue weighted by atomic mass is 10.0. The molecule has 0 spiro atoms. The van der Waals surface area contributed by atoms with Gasteiger partial charge in [-0.15, -0.1) is 0 Å². The summed E-state index contributed by atoms with van der Waals surface area (Å²) in [5.41, 5.74) is 3.45. The number of benzene rings is 1. The summed E-state index contributed by atoms with van der Waals surface area (Å²) in [6, 6.07) is 6.83. The minimum Gasteiger partial charge on any atom is -0.344 e. The third-order valence-electron chi connectivity index (χ3n) is 5.04. The number of aryl methyl sites for hydroxylation is 1. The summed E-state index contributed by atoms with van der Waals surface area (Å²) < 4.78 is 2.43. The highest BCUT2D eigenvalue weighted by atomic mass is 16.1. The number of fused-ring (bicyclic) bond motifs is 1. The van der Waals surface area contributed by atoms with E-state index in [1.807, 2.05) is 13.0 Å². The number of nitrogens with one attached hydrogen (secondary N) is 1. The summed E-state index contributed by atoms with van der Waals surface area (Å²) in [5.74, 6) is 0.0652. The Balaban J connectivity index is 1.90. The molecule has 1 aromatic heterocycles. The van der Waals surface area contributed by atoms with Gasteiger partial charge in [0, 0.05) is 42.8 Å². The SMILES string of the molecule is CCC(=O)Nc1ccc2c(C)cn(C3CCN(CC)CC3)c2c1. The van der Waals surface area contributed by atoms with Crippen molar-refractivity contribution in [1.29, 1.82) is 0 Å². The van der Waals surface area contributed by atoms with Gasteiger partial charge >= 0.3 is 0 Å². The summed E-state index contributed by atoms with van der Waals surface area (Å²) in [7, 11) is 0. The van der Waals surface area contributed by atoms with Crippen LogP contribution in [-0.4, -0.2) is 35.0 Å². The average molecular weight is 313 g/mol. The second-order valence-electron chi connectivity index (χ2n) is 6.52. The molecule has 1 aliphatic heterocycles. The standard InChI is InChI=1S/C19H27N3O/c1-4-19(23)20-15-6-7-17-14(3)13-22(18(17)12-15)16-8-10-21(5-2)11-9-16/h6-7,12-13,16H,4-5,8-11H2,1-3H3,(H,20,23). The van der Waals surface area contributed by atoms with Crippen LogP contribution in [0.3, 0.4) is 0 Å². The van der Waals surface area contributed by atoms with E-state index in [9.17, 15) is 4.79 Å². The number of carbonyl (C=O) groups excluding carboxylic acids is 1. The molecule has 3 rings (SSSR count). The molecule has 2 aromatic rings. The van der Waals surface area contributed by atoms with E-state index >= 15 is 0 Å². The van der Waals surface area contributed by atoms with E-state index in [1.165, 1.54) is 42.4 Å². The van der Waals surface area contributed by atoms with Crippen LogP contribution < -0.4 is 5.32 Å². The van der Waals surface area contributed by atoms with Crippen molar-refractivity contribution in [1.82, 2.24) is 9.47 Å². The van der Waals surface area contributed by atoms with Crippen molar-refractivity contribution in [2.45, 2.75) is 46.1 Å². The van der Waals surface area contributed by atoms with Crippen molar-refractivity contribution < 1.29 is 4.79 Å². The molecule has 0 bridgehead atoms. The lowest BCUT2D eigenvalue weighted by Crippen LogP contribution is -2.34. The highest BCUT2D eigenvalue weighted by molar-refractivity contribution is 5.94. The van der Waals surface area contributed by atoms with Gasteiger partial charge in [0.2, 0.25) is 5.91 Å². The minimum atomic E-state index is 0.0652. The first-order chi connectivity index (χ1) is 11.1. The summed E-state index contributed by atoms with van der Waals surface area (Å²) in [6.07, 6.45) is 5.18. The molecule has 2 heterocycles.